The molecule has 1 aliphatic rings. The topological polar surface area (TPSA) is 13.7 Å². The van der Waals surface area contributed by atoms with E-state index in [0.29, 0.717) is 0 Å². The third kappa shape index (κ3) is 4.39. The van der Waals surface area contributed by atoms with Crippen molar-refractivity contribution in [3.63, 3.8) is 0 Å². The second kappa shape index (κ2) is 7.90. The van der Waals surface area contributed by atoms with Crippen LogP contribution >= 0.6 is 11.6 Å². The molecule has 0 aliphatic carbocycles. The summed E-state index contributed by atoms with van der Waals surface area (Å²) in [5.41, 5.74) is 1.12. The van der Waals surface area contributed by atoms with Gasteiger partial charge in [0.1, 0.15) is 5.75 Å². The maximum atomic E-state index is 5.95. The number of nitrogens with one attached hydrogen (secondary N) is 1. The third-order valence-electron chi connectivity index (χ3n) is 4.41. The molecular formula is C17H27ClNO+. The molecule has 1 N–H and O–H groups in total. The van der Waals surface area contributed by atoms with Crippen LogP contribution in [-0.4, -0.2) is 25.7 Å². The number of likely N-dealkylation sites (tertiary alicyclic amines) is 1. The number of hydrogen-bond acceptors (Lipinski definition) is 1. The SMILES string of the molecule is CC[C@@H]1CCCC[NH+]1CCCOc1ccc(Cl)cc1C. The van der Waals surface area contributed by atoms with Crippen LogP contribution in [-0.2, 0) is 0 Å². The number of piperidine rings is 1. The van der Waals surface area contributed by atoms with E-state index in [2.05, 4.69) is 6.92 Å². The van der Waals surface area contributed by atoms with Crippen molar-refractivity contribution in [1.29, 1.82) is 0 Å². The fourth-order valence-electron chi connectivity index (χ4n) is 3.23. The van der Waals surface area contributed by atoms with Crippen LogP contribution in [0.3, 0.4) is 0 Å². The lowest BCUT2D eigenvalue weighted by Gasteiger charge is -2.32. The molecule has 0 aromatic heterocycles. The maximum Gasteiger partial charge on any atom is 0.122 e. The van der Waals surface area contributed by atoms with Gasteiger partial charge in [-0.2, -0.15) is 0 Å². The Bertz CT molecular complexity index is 421. The number of rotatable bonds is 6. The monoisotopic (exact) mass is 296 g/mol. The fourth-order valence-corrected chi connectivity index (χ4v) is 3.46. The van der Waals surface area contributed by atoms with Crippen molar-refractivity contribution in [1.82, 2.24) is 0 Å². The Morgan fingerprint density at radius 2 is 2.20 bits per heavy atom. The second-order valence-corrected chi connectivity index (χ2v) is 6.31. The molecule has 1 saturated heterocycles. The Morgan fingerprint density at radius 1 is 1.35 bits per heavy atom. The molecule has 0 amide bonds. The number of quaternary nitrogens is 1. The van der Waals surface area contributed by atoms with Gasteiger partial charge in [-0.15, -0.1) is 0 Å². The van der Waals surface area contributed by atoms with Gasteiger partial charge >= 0.3 is 0 Å². The molecule has 2 nitrogen and oxygen atoms in total. The summed E-state index contributed by atoms with van der Waals surface area (Å²) < 4.78 is 5.88. The lowest BCUT2D eigenvalue weighted by molar-refractivity contribution is -0.931. The first-order valence-electron chi connectivity index (χ1n) is 7.94. The molecule has 0 radical (unpaired) electrons. The fraction of sp³-hybridized carbons (Fsp3) is 0.647. The van der Waals surface area contributed by atoms with E-state index in [9.17, 15) is 0 Å². The minimum atomic E-state index is 0.776. The lowest BCUT2D eigenvalue weighted by atomic mass is 10.00. The first-order chi connectivity index (χ1) is 9.70. The standard InChI is InChI=1S/C17H26ClNO/c1-3-16-7-4-5-10-19(16)11-6-12-20-17-9-8-15(18)13-14(17)2/h8-9,13,16H,3-7,10-12H2,1-2H3/p+1/t16-/m1/s1. The van der Waals surface area contributed by atoms with Gasteiger partial charge < -0.3 is 9.64 Å². The second-order valence-electron chi connectivity index (χ2n) is 5.87. The zero-order chi connectivity index (χ0) is 14.4. The smallest absolute Gasteiger partial charge is 0.122 e. The van der Waals surface area contributed by atoms with Crippen molar-refractivity contribution in [3.8, 4) is 5.75 Å². The van der Waals surface area contributed by atoms with Gasteiger partial charge in [0.15, 0.2) is 0 Å². The summed E-state index contributed by atoms with van der Waals surface area (Å²) in [7, 11) is 0. The predicted octanol–water partition coefficient (Wildman–Crippen LogP) is 3.26. The van der Waals surface area contributed by atoms with Crippen LogP contribution in [0.5, 0.6) is 5.75 Å². The van der Waals surface area contributed by atoms with Crippen molar-refractivity contribution in [2.24, 2.45) is 0 Å². The highest BCUT2D eigenvalue weighted by Crippen LogP contribution is 2.21. The molecule has 1 aromatic carbocycles. The Hall–Kier alpha value is -0.730. The van der Waals surface area contributed by atoms with Crippen LogP contribution in [0, 0.1) is 6.92 Å². The van der Waals surface area contributed by atoms with E-state index >= 15 is 0 Å². The van der Waals surface area contributed by atoms with Crippen LogP contribution < -0.4 is 9.64 Å². The zero-order valence-electron chi connectivity index (χ0n) is 12.8. The van der Waals surface area contributed by atoms with Crippen molar-refractivity contribution >= 4 is 11.6 Å². The number of halogens is 1. The van der Waals surface area contributed by atoms with E-state index in [-0.39, 0.29) is 0 Å². The maximum absolute atomic E-state index is 5.95. The molecule has 112 valence electrons. The number of ether oxygens (including phenoxy) is 1. The van der Waals surface area contributed by atoms with Gasteiger partial charge in [0.05, 0.1) is 25.7 Å². The number of benzene rings is 1. The average Bonchev–Trinajstić information content (AvgIpc) is 2.46. The van der Waals surface area contributed by atoms with Crippen LogP contribution in [0.1, 0.15) is 44.6 Å². The van der Waals surface area contributed by atoms with Crippen LogP contribution in [0.2, 0.25) is 5.02 Å². The molecular weight excluding hydrogens is 270 g/mol. The minimum absolute atomic E-state index is 0.776. The van der Waals surface area contributed by atoms with E-state index < -0.39 is 0 Å². The Labute approximate surface area is 128 Å². The molecule has 1 fully saturated rings. The predicted molar refractivity (Wildman–Crippen MR) is 84.9 cm³/mol. The molecule has 0 spiro atoms. The van der Waals surface area contributed by atoms with Crippen LogP contribution in [0.25, 0.3) is 0 Å². The molecule has 1 unspecified atom stereocenters. The summed E-state index contributed by atoms with van der Waals surface area (Å²) in [5, 5.41) is 0.776. The molecule has 1 heterocycles. The van der Waals surface area contributed by atoms with Gasteiger partial charge in [-0.25, -0.2) is 0 Å². The Morgan fingerprint density at radius 3 is 2.95 bits per heavy atom. The van der Waals surface area contributed by atoms with Crippen molar-refractivity contribution in [2.45, 2.75) is 52.0 Å². The normalized spacial score (nSPS) is 22.8. The highest BCUT2D eigenvalue weighted by molar-refractivity contribution is 6.30. The summed E-state index contributed by atoms with van der Waals surface area (Å²) in [6, 6.07) is 6.70. The number of hydrogen-bond donors (Lipinski definition) is 1. The molecule has 0 bridgehead atoms. The molecule has 2 atom stereocenters. The molecule has 2 rings (SSSR count). The first kappa shape index (κ1) is 15.7. The summed E-state index contributed by atoms with van der Waals surface area (Å²) in [4.78, 5) is 1.79. The highest BCUT2D eigenvalue weighted by Gasteiger charge is 2.23. The van der Waals surface area contributed by atoms with Gasteiger partial charge in [0, 0.05) is 11.4 Å². The van der Waals surface area contributed by atoms with Crippen molar-refractivity contribution in [3.05, 3.63) is 28.8 Å². The molecule has 0 saturated carbocycles. The summed E-state index contributed by atoms with van der Waals surface area (Å²) in [6.07, 6.45) is 6.66. The van der Waals surface area contributed by atoms with Crippen molar-refractivity contribution < 1.29 is 9.64 Å². The van der Waals surface area contributed by atoms with Gasteiger partial charge in [0.25, 0.3) is 0 Å². The minimum Gasteiger partial charge on any atom is -0.493 e. The third-order valence-corrected chi connectivity index (χ3v) is 4.64. The molecule has 3 heteroatoms. The Kier molecular flexibility index (Phi) is 6.18. The first-order valence-corrected chi connectivity index (χ1v) is 8.32. The van der Waals surface area contributed by atoms with Crippen LogP contribution in [0.4, 0.5) is 0 Å². The van der Waals surface area contributed by atoms with E-state index in [1.165, 1.54) is 38.8 Å². The molecule has 1 aliphatic heterocycles. The Balaban J connectivity index is 1.73. The largest absolute Gasteiger partial charge is 0.493 e. The molecule has 1 aromatic rings. The lowest BCUT2D eigenvalue weighted by Crippen LogP contribution is -3.16. The van der Waals surface area contributed by atoms with Gasteiger partial charge in [-0.1, -0.05) is 18.5 Å². The van der Waals surface area contributed by atoms with Crippen LogP contribution in [0.15, 0.2) is 18.2 Å². The highest BCUT2D eigenvalue weighted by atomic mass is 35.5. The van der Waals surface area contributed by atoms with Gasteiger partial charge in [-0.05, 0) is 56.4 Å². The molecule has 20 heavy (non-hydrogen) atoms. The van der Waals surface area contributed by atoms with Gasteiger partial charge in [0.2, 0.25) is 0 Å². The summed E-state index contributed by atoms with van der Waals surface area (Å²) in [6.45, 7) is 7.76. The van der Waals surface area contributed by atoms with E-state index in [1.54, 1.807) is 4.90 Å². The number of aryl methyl sites for hydroxylation is 1. The average molecular weight is 297 g/mol. The summed E-state index contributed by atoms with van der Waals surface area (Å²) >= 11 is 5.95. The van der Waals surface area contributed by atoms with Gasteiger partial charge in [-0.3, -0.25) is 0 Å². The zero-order valence-corrected chi connectivity index (χ0v) is 13.5. The van der Waals surface area contributed by atoms with Crippen molar-refractivity contribution in [2.75, 3.05) is 19.7 Å². The van der Waals surface area contributed by atoms with E-state index in [4.69, 9.17) is 16.3 Å². The summed E-state index contributed by atoms with van der Waals surface area (Å²) in [5.74, 6) is 0.968. The quantitative estimate of drug-likeness (QED) is 0.796. The van der Waals surface area contributed by atoms with E-state index in [1.807, 2.05) is 25.1 Å². The van der Waals surface area contributed by atoms with E-state index in [0.717, 1.165) is 35.4 Å².